The maximum atomic E-state index is 13.6. The number of nitrogens with two attached hydrogens (primary N) is 1. The first kappa shape index (κ1) is 14.7. The molecule has 0 saturated carbocycles. The summed E-state index contributed by atoms with van der Waals surface area (Å²) in [5.41, 5.74) is 5.21. The average Bonchev–Trinajstić information content (AvgIpc) is 2.33. The molecule has 2 rings (SSSR count). The van der Waals surface area contributed by atoms with Gasteiger partial charge in [0.25, 0.3) is 0 Å². The highest BCUT2D eigenvalue weighted by atomic mass is 35.5. The van der Waals surface area contributed by atoms with Crippen LogP contribution in [0.15, 0.2) is 41.3 Å². The van der Waals surface area contributed by atoms with Crippen LogP contribution >= 0.6 is 11.6 Å². The van der Waals surface area contributed by atoms with E-state index in [0.29, 0.717) is 0 Å². The van der Waals surface area contributed by atoms with E-state index >= 15 is 0 Å². The van der Waals surface area contributed by atoms with E-state index in [0.717, 1.165) is 24.3 Å². The van der Waals surface area contributed by atoms with Crippen molar-refractivity contribution in [3.05, 3.63) is 58.6 Å². The molecular formula is C13H10ClF2NO2S. The third kappa shape index (κ3) is 3.08. The molecule has 0 bridgehead atoms. The Morgan fingerprint density at radius 1 is 1.10 bits per heavy atom. The molecule has 106 valence electrons. The van der Waals surface area contributed by atoms with Gasteiger partial charge in [-0.2, -0.15) is 0 Å². The van der Waals surface area contributed by atoms with Gasteiger partial charge >= 0.3 is 0 Å². The van der Waals surface area contributed by atoms with Gasteiger partial charge in [0.15, 0.2) is 9.84 Å². The normalized spacial score (nSPS) is 11.6. The average molecular weight is 318 g/mol. The molecule has 0 heterocycles. The van der Waals surface area contributed by atoms with Crippen LogP contribution in [0.4, 0.5) is 14.5 Å². The molecule has 20 heavy (non-hydrogen) atoms. The van der Waals surface area contributed by atoms with Crippen LogP contribution in [0.2, 0.25) is 5.02 Å². The second-order valence-corrected chi connectivity index (χ2v) is 6.57. The summed E-state index contributed by atoms with van der Waals surface area (Å²) in [6, 6.07) is 6.58. The third-order valence-electron chi connectivity index (χ3n) is 2.66. The van der Waals surface area contributed by atoms with E-state index in [9.17, 15) is 17.2 Å². The lowest BCUT2D eigenvalue weighted by atomic mass is 10.2. The second-order valence-electron chi connectivity index (χ2n) is 4.18. The van der Waals surface area contributed by atoms with Crippen molar-refractivity contribution in [2.75, 3.05) is 5.73 Å². The van der Waals surface area contributed by atoms with Crippen molar-refractivity contribution in [1.29, 1.82) is 0 Å². The number of hydrogen-bond acceptors (Lipinski definition) is 3. The molecule has 3 nitrogen and oxygen atoms in total. The first-order valence-electron chi connectivity index (χ1n) is 5.51. The molecule has 2 aromatic rings. The number of benzene rings is 2. The van der Waals surface area contributed by atoms with Crippen LogP contribution in [0, 0.1) is 11.6 Å². The first-order chi connectivity index (χ1) is 9.29. The molecule has 0 aliphatic heterocycles. The molecule has 0 spiro atoms. The SMILES string of the molecule is Nc1cc(F)ccc1S(=O)(=O)Cc1cc(Cl)ccc1F. The fourth-order valence-electron chi connectivity index (χ4n) is 1.74. The van der Waals surface area contributed by atoms with Gasteiger partial charge in [0.2, 0.25) is 0 Å². The summed E-state index contributed by atoms with van der Waals surface area (Å²) in [6.07, 6.45) is 0. The largest absolute Gasteiger partial charge is 0.398 e. The van der Waals surface area contributed by atoms with Crippen molar-refractivity contribution in [3.63, 3.8) is 0 Å². The lowest BCUT2D eigenvalue weighted by Gasteiger charge is -2.08. The summed E-state index contributed by atoms with van der Waals surface area (Å²) >= 11 is 5.71. The predicted molar refractivity (Wildman–Crippen MR) is 73.1 cm³/mol. The number of rotatable bonds is 3. The lowest BCUT2D eigenvalue weighted by molar-refractivity contribution is 0.586. The Hall–Kier alpha value is -1.66. The van der Waals surface area contributed by atoms with E-state index in [-0.39, 0.29) is 21.2 Å². The van der Waals surface area contributed by atoms with Gasteiger partial charge in [-0.25, -0.2) is 17.2 Å². The summed E-state index contributed by atoms with van der Waals surface area (Å²) in [7, 11) is -3.89. The zero-order valence-electron chi connectivity index (χ0n) is 10.1. The topological polar surface area (TPSA) is 60.2 Å². The van der Waals surface area contributed by atoms with Crippen LogP contribution in [0.1, 0.15) is 5.56 Å². The number of anilines is 1. The summed E-state index contributed by atoms with van der Waals surface area (Å²) in [4.78, 5) is -0.238. The molecule has 0 saturated heterocycles. The number of hydrogen-bond donors (Lipinski definition) is 1. The van der Waals surface area contributed by atoms with Crippen LogP contribution in [-0.2, 0) is 15.6 Å². The van der Waals surface area contributed by atoms with Crippen LogP contribution < -0.4 is 5.73 Å². The van der Waals surface area contributed by atoms with Crippen LogP contribution in [0.5, 0.6) is 0 Å². The van der Waals surface area contributed by atoms with Gasteiger partial charge in [0.05, 0.1) is 16.3 Å². The van der Waals surface area contributed by atoms with Crippen molar-refractivity contribution in [2.45, 2.75) is 10.6 Å². The van der Waals surface area contributed by atoms with Crippen molar-refractivity contribution in [1.82, 2.24) is 0 Å². The minimum atomic E-state index is -3.89. The smallest absolute Gasteiger partial charge is 0.184 e. The summed E-state index contributed by atoms with van der Waals surface area (Å²) in [5, 5.41) is 0.226. The van der Waals surface area contributed by atoms with E-state index < -0.39 is 27.2 Å². The Morgan fingerprint density at radius 3 is 2.45 bits per heavy atom. The molecule has 7 heteroatoms. The number of sulfone groups is 1. The van der Waals surface area contributed by atoms with Gasteiger partial charge in [-0.3, -0.25) is 0 Å². The Labute approximate surface area is 119 Å². The Balaban J connectivity index is 2.43. The highest BCUT2D eigenvalue weighted by Crippen LogP contribution is 2.25. The summed E-state index contributed by atoms with van der Waals surface area (Å²) in [6.45, 7) is 0. The lowest BCUT2D eigenvalue weighted by Crippen LogP contribution is -2.09. The maximum Gasteiger partial charge on any atom is 0.184 e. The summed E-state index contributed by atoms with van der Waals surface area (Å²) < 4.78 is 50.9. The van der Waals surface area contributed by atoms with Crippen LogP contribution in [0.3, 0.4) is 0 Å². The molecule has 2 aromatic carbocycles. The highest BCUT2D eigenvalue weighted by molar-refractivity contribution is 7.90. The first-order valence-corrected chi connectivity index (χ1v) is 7.54. The highest BCUT2D eigenvalue weighted by Gasteiger charge is 2.20. The van der Waals surface area contributed by atoms with Crippen molar-refractivity contribution in [2.24, 2.45) is 0 Å². The predicted octanol–water partition coefficient (Wildman–Crippen LogP) is 3.17. The van der Waals surface area contributed by atoms with Gasteiger partial charge in [-0.15, -0.1) is 0 Å². The minimum Gasteiger partial charge on any atom is -0.398 e. The van der Waals surface area contributed by atoms with Crippen LogP contribution in [-0.4, -0.2) is 8.42 Å². The van der Waals surface area contributed by atoms with Crippen molar-refractivity contribution < 1.29 is 17.2 Å². The van der Waals surface area contributed by atoms with Crippen LogP contribution in [0.25, 0.3) is 0 Å². The van der Waals surface area contributed by atoms with Gasteiger partial charge < -0.3 is 5.73 Å². The molecule has 0 atom stereocenters. The Kier molecular flexibility index (Phi) is 3.96. The molecule has 0 amide bonds. The van der Waals surface area contributed by atoms with E-state index in [1.807, 2.05) is 0 Å². The minimum absolute atomic E-state index is 0.0683. The fourth-order valence-corrected chi connectivity index (χ4v) is 3.41. The summed E-state index contributed by atoms with van der Waals surface area (Å²) in [5.74, 6) is -1.93. The molecule has 0 fully saturated rings. The second kappa shape index (κ2) is 5.38. The molecule has 0 radical (unpaired) electrons. The van der Waals surface area contributed by atoms with Crippen molar-refractivity contribution >= 4 is 27.1 Å². The van der Waals surface area contributed by atoms with Gasteiger partial charge in [0, 0.05) is 10.6 Å². The van der Waals surface area contributed by atoms with Crippen molar-refractivity contribution in [3.8, 4) is 0 Å². The monoisotopic (exact) mass is 317 g/mol. The zero-order valence-corrected chi connectivity index (χ0v) is 11.7. The van der Waals surface area contributed by atoms with Gasteiger partial charge in [-0.05, 0) is 36.4 Å². The maximum absolute atomic E-state index is 13.6. The van der Waals surface area contributed by atoms with E-state index in [1.54, 1.807) is 0 Å². The quantitative estimate of drug-likeness (QED) is 0.698. The molecule has 0 aliphatic carbocycles. The third-order valence-corrected chi connectivity index (χ3v) is 4.63. The molecule has 0 unspecified atom stereocenters. The van der Waals surface area contributed by atoms with Gasteiger partial charge in [0.1, 0.15) is 11.6 Å². The number of halogens is 3. The molecular weight excluding hydrogens is 308 g/mol. The Morgan fingerprint density at radius 2 is 1.80 bits per heavy atom. The molecule has 0 aliphatic rings. The van der Waals surface area contributed by atoms with Gasteiger partial charge in [-0.1, -0.05) is 11.6 Å². The van der Waals surface area contributed by atoms with E-state index in [4.69, 9.17) is 17.3 Å². The fraction of sp³-hybridized carbons (Fsp3) is 0.0769. The van der Waals surface area contributed by atoms with E-state index in [2.05, 4.69) is 0 Å². The zero-order chi connectivity index (χ0) is 14.9. The molecule has 0 aromatic heterocycles. The molecule has 2 N–H and O–H groups in total. The Bertz CT molecular complexity index is 763. The standard InChI is InChI=1S/C13H10ClF2NO2S/c14-9-1-3-11(16)8(5-9)7-20(18,19)13-4-2-10(15)6-12(13)17/h1-6H,7,17H2. The van der Waals surface area contributed by atoms with E-state index in [1.165, 1.54) is 12.1 Å². The number of nitrogen functional groups attached to an aromatic ring is 1.